The van der Waals surface area contributed by atoms with E-state index in [1.165, 1.54) is 0 Å². The summed E-state index contributed by atoms with van der Waals surface area (Å²) < 4.78 is 0. The van der Waals surface area contributed by atoms with Gasteiger partial charge in [-0.3, -0.25) is 14.4 Å². The van der Waals surface area contributed by atoms with E-state index in [0.717, 1.165) is 0 Å². The second-order valence-electron chi connectivity index (χ2n) is 4.53. The predicted molar refractivity (Wildman–Crippen MR) is 61.1 cm³/mol. The normalized spacial score (nSPS) is 19.9. The lowest BCUT2D eigenvalue weighted by Gasteiger charge is -2.33. The Labute approximate surface area is 96.6 Å². The molecule has 0 unspecified atom stereocenters. The van der Waals surface area contributed by atoms with Gasteiger partial charge in [-0.05, 0) is 19.3 Å². The third-order valence-corrected chi connectivity index (χ3v) is 3.70. The van der Waals surface area contributed by atoms with Crippen LogP contribution in [0.4, 0.5) is 0 Å². The summed E-state index contributed by atoms with van der Waals surface area (Å²) in [7, 11) is 0. The molecule has 0 aromatic rings. The van der Waals surface area contributed by atoms with Crippen molar-refractivity contribution < 1.29 is 14.4 Å². The van der Waals surface area contributed by atoms with Crippen molar-refractivity contribution in [3.05, 3.63) is 0 Å². The Bertz CT molecular complexity index is 288. The first kappa shape index (κ1) is 13.1. The average Bonchev–Trinajstić information content (AvgIpc) is 2.29. The van der Waals surface area contributed by atoms with Crippen LogP contribution in [0.25, 0.3) is 0 Å². The molecule has 0 amide bonds. The van der Waals surface area contributed by atoms with Crippen LogP contribution in [0.5, 0.6) is 0 Å². The summed E-state index contributed by atoms with van der Waals surface area (Å²) in [5, 5.41) is 0. The third kappa shape index (κ3) is 2.39. The van der Waals surface area contributed by atoms with Crippen molar-refractivity contribution in [2.24, 2.45) is 5.41 Å². The van der Waals surface area contributed by atoms with E-state index in [9.17, 15) is 14.4 Å². The van der Waals surface area contributed by atoms with Crippen molar-refractivity contribution in [1.29, 1.82) is 0 Å². The van der Waals surface area contributed by atoms with E-state index in [2.05, 4.69) is 0 Å². The van der Waals surface area contributed by atoms with Gasteiger partial charge < -0.3 is 0 Å². The first-order valence-corrected chi connectivity index (χ1v) is 6.15. The molecule has 1 rings (SSSR count). The molecule has 0 aromatic carbocycles. The number of hydrogen-bond acceptors (Lipinski definition) is 3. The lowest BCUT2D eigenvalue weighted by molar-refractivity contribution is -0.145. The van der Waals surface area contributed by atoms with E-state index >= 15 is 0 Å². The van der Waals surface area contributed by atoms with Crippen molar-refractivity contribution in [2.45, 2.75) is 58.8 Å². The molecule has 0 bridgehead atoms. The van der Waals surface area contributed by atoms with Crippen molar-refractivity contribution in [3.8, 4) is 0 Å². The molecule has 0 heterocycles. The maximum absolute atomic E-state index is 11.9. The summed E-state index contributed by atoms with van der Waals surface area (Å²) in [6.07, 6.45) is 3.50. The lowest BCUT2D eigenvalue weighted by Crippen LogP contribution is -2.42. The Morgan fingerprint density at radius 2 is 1.75 bits per heavy atom. The molecule has 16 heavy (non-hydrogen) atoms. The molecule has 0 atom stereocenters. The topological polar surface area (TPSA) is 51.2 Å². The van der Waals surface area contributed by atoms with E-state index in [0.29, 0.717) is 44.9 Å². The molecule has 1 fully saturated rings. The fourth-order valence-corrected chi connectivity index (χ4v) is 2.42. The maximum Gasteiger partial charge on any atom is 0.146 e. The molecule has 0 aliphatic heterocycles. The van der Waals surface area contributed by atoms with Gasteiger partial charge in [0.2, 0.25) is 0 Å². The Morgan fingerprint density at radius 1 is 1.19 bits per heavy atom. The third-order valence-electron chi connectivity index (χ3n) is 3.70. The fraction of sp³-hybridized carbons (Fsp3) is 0.769. The number of carbonyl (C=O) groups excluding carboxylic acids is 3. The van der Waals surface area contributed by atoms with Crippen molar-refractivity contribution in [2.75, 3.05) is 0 Å². The fourth-order valence-electron chi connectivity index (χ4n) is 2.42. The number of carbonyl (C=O) groups is 3. The molecule has 0 aromatic heterocycles. The van der Waals surface area contributed by atoms with Crippen molar-refractivity contribution >= 4 is 17.3 Å². The standard InChI is InChI=1S/C13H20O3/c1-3-10(14)8-9-13(4-2)11(15)6-5-7-12(13)16/h3-9H2,1-2H3. The van der Waals surface area contributed by atoms with Gasteiger partial charge in [0.15, 0.2) is 0 Å². The van der Waals surface area contributed by atoms with Gasteiger partial charge in [-0.25, -0.2) is 0 Å². The monoisotopic (exact) mass is 224 g/mol. The summed E-state index contributed by atoms with van der Waals surface area (Å²) >= 11 is 0. The van der Waals surface area contributed by atoms with Crippen LogP contribution in [0, 0.1) is 5.41 Å². The van der Waals surface area contributed by atoms with Crippen LogP contribution < -0.4 is 0 Å². The minimum Gasteiger partial charge on any atom is -0.300 e. The van der Waals surface area contributed by atoms with Crippen molar-refractivity contribution in [1.82, 2.24) is 0 Å². The van der Waals surface area contributed by atoms with Gasteiger partial charge in [0, 0.05) is 25.7 Å². The van der Waals surface area contributed by atoms with Crippen LogP contribution in [-0.4, -0.2) is 17.3 Å². The van der Waals surface area contributed by atoms with E-state index in [1.807, 2.05) is 13.8 Å². The largest absolute Gasteiger partial charge is 0.300 e. The second-order valence-corrected chi connectivity index (χ2v) is 4.53. The Morgan fingerprint density at radius 3 is 2.19 bits per heavy atom. The van der Waals surface area contributed by atoms with Gasteiger partial charge in [0.1, 0.15) is 17.3 Å². The van der Waals surface area contributed by atoms with Gasteiger partial charge in [0.25, 0.3) is 0 Å². The van der Waals surface area contributed by atoms with Crippen LogP contribution in [0.1, 0.15) is 58.8 Å². The summed E-state index contributed by atoms with van der Waals surface area (Å²) in [6.45, 7) is 3.68. The summed E-state index contributed by atoms with van der Waals surface area (Å²) in [5.74, 6) is 0.240. The second kappa shape index (κ2) is 5.37. The molecule has 1 saturated carbocycles. The molecule has 1 aliphatic carbocycles. The summed E-state index contributed by atoms with van der Waals surface area (Å²) in [6, 6.07) is 0. The molecule has 0 saturated heterocycles. The number of ketones is 3. The van der Waals surface area contributed by atoms with Crippen LogP contribution in [0.3, 0.4) is 0 Å². The number of hydrogen-bond donors (Lipinski definition) is 0. The van der Waals surface area contributed by atoms with Gasteiger partial charge in [-0.2, -0.15) is 0 Å². The van der Waals surface area contributed by atoms with E-state index < -0.39 is 5.41 Å². The lowest BCUT2D eigenvalue weighted by atomic mass is 9.67. The van der Waals surface area contributed by atoms with Crippen LogP contribution >= 0.6 is 0 Å². The Kier molecular flexibility index (Phi) is 4.39. The molecule has 3 heteroatoms. The molecular formula is C13H20O3. The predicted octanol–water partition coefficient (Wildman–Crippen LogP) is 2.46. The summed E-state index contributed by atoms with van der Waals surface area (Å²) in [4.78, 5) is 35.2. The van der Waals surface area contributed by atoms with Crippen LogP contribution in [-0.2, 0) is 14.4 Å². The minimum absolute atomic E-state index is 0.0511. The molecule has 90 valence electrons. The van der Waals surface area contributed by atoms with Crippen LogP contribution in [0.2, 0.25) is 0 Å². The maximum atomic E-state index is 11.9. The van der Waals surface area contributed by atoms with Gasteiger partial charge in [-0.15, -0.1) is 0 Å². The quantitative estimate of drug-likeness (QED) is 0.674. The first-order chi connectivity index (χ1) is 7.56. The van der Waals surface area contributed by atoms with Gasteiger partial charge in [0.05, 0.1) is 5.41 Å². The summed E-state index contributed by atoms with van der Waals surface area (Å²) in [5.41, 5.74) is -0.830. The smallest absolute Gasteiger partial charge is 0.146 e. The minimum atomic E-state index is -0.830. The molecule has 0 N–H and O–H groups in total. The highest BCUT2D eigenvalue weighted by Crippen LogP contribution is 2.37. The molecule has 1 aliphatic rings. The van der Waals surface area contributed by atoms with E-state index in [4.69, 9.17) is 0 Å². The Balaban J connectivity index is 2.77. The highest BCUT2D eigenvalue weighted by Gasteiger charge is 2.44. The zero-order chi connectivity index (χ0) is 12.2. The van der Waals surface area contributed by atoms with Crippen LogP contribution in [0.15, 0.2) is 0 Å². The van der Waals surface area contributed by atoms with E-state index in [1.54, 1.807) is 0 Å². The highest BCUT2D eigenvalue weighted by molar-refractivity contribution is 6.09. The highest BCUT2D eigenvalue weighted by atomic mass is 16.2. The Hall–Kier alpha value is -0.990. The SMILES string of the molecule is CCC(=O)CCC1(CC)C(=O)CCCC1=O. The number of rotatable bonds is 5. The molecule has 0 radical (unpaired) electrons. The number of Topliss-reactive ketones (excluding diaryl/α,β-unsaturated/α-hetero) is 3. The molecule has 3 nitrogen and oxygen atoms in total. The van der Waals surface area contributed by atoms with E-state index in [-0.39, 0.29) is 17.3 Å². The molecule has 0 spiro atoms. The van der Waals surface area contributed by atoms with Crippen molar-refractivity contribution in [3.63, 3.8) is 0 Å². The molecular weight excluding hydrogens is 204 g/mol. The zero-order valence-corrected chi connectivity index (χ0v) is 10.2. The van der Waals surface area contributed by atoms with Gasteiger partial charge in [-0.1, -0.05) is 13.8 Å². The zero-order valence-electron chi connectivity index (χ0n) is 10.2. The first-order valence-electron chi connectivity index (χ1n) is 6.15. The average molecular weight is 224 g/mol. The van der Waals surface area contributed by atoms with Gasteiger partial charge >= 0.3 is 0 Å².